The zero-order chi connectivity index (χ0) is 19.8. The molecule has 0 bridgehead atoms. The molecule has 0 aliphatic carbocycles. The molecule has 1 heterocycles. The second-order valence-electron chi connectivity index (χ2n) is 5.78. The van der Waals surface area contributed by atoms with Crippen molar-refractivity contribution in [2.75, 3.05) is 24.4 Å². The van der Waals surface area contributed by atoms with Crippen molar-refractivity contribution >= 4 is 29.1 Å². The van der Waals surface area contributed by atoms with Gasteiger partial charge in [0.1, 0.15) is 11.6 Å². The van der Waals surface area contributed by atoms with Crippen molar-refractivity contribution in [3.05, 3.63) is 78.5 Å². The molecule has 0 spiro atoms. The third-order valence-electron chi connectivity index (χ3n) is 3.72. The maximum absolute atomic E-state index is 12.0. The van der Waals surface area contributed by atoms with Gasteiger partial charge in [-0.25, -0.2) is 9.78 Å². The fraction of sp³-hybridized carbons (Fsp3) is 0.0952. The number of rotatable bonds is 7. The van der Waals surface area contributed by atoms with Gasteiger partial charge in [-0.1, -0.05) is 24.3 Å². The van der Waals surface area contributed by atoms with Gasteiger partial charge < -0.3 is 20.1 Å². The van der Waals surface area contributed by atoms with Crippen molar-refractivity contribution in [1.29, 1.82) is 0 Å². The summed E-state index contributed by atoms with van der Waals surface area (Å²) in [5.41, 5.74) is 1.88. The molecule has 7 heteroatoms. The normalized spacial score (nSPS) is 10.0. The molecule has 0 atom stereocenters. The summed E-state index contributed by atoms with van der Waals surface area (Å²) < 4.78 is 10.1. The minimum atomic E-state index is -0.405. The highest BCUT2D eigenvalue weighted by Crippen LogP contribution is 2.18. The molecule has 3 aromatic rings. The van der Waals surface area contributed by atoms with E-state index in [-0.39, 0.29) is 12.5 Å². The summed E-state index contributed by atoms with van der Waals surface area (Å²) in [7, 11) is 1.34. The van der Waals surface area contributed by atoms with Crippen LogP contribution in [0.25, 0.3) is 0 Å². The lowest BCUT2D eigenvalue weighted by atomic mass is 10.2. The van der Waals surface area contributed by atoms with E-state index in [1.807, 2.05) is 24.3 Å². The van der Waals surface area contributed by atoms with Crippen molar-refractivity contribution in [3.63, 3.8) is 0 Å². The number of ether oxygens (including phenoxy) is 2. The van der Waals surface area contributed by atoms with Crippen molar-refractivity contribution < 1.29 is 19.1 Å². The number of aromatic nitrogens is 1. The van der Waals surface area contributed by atoms with Gasteiger partial charge in [0.2, 0.25) is 0 Å². The second-order valence-corrected chi connectivity index (χ2v) is 5.78. The van der Waals surface area contributed by atoms with Crippen LogP contribution in [0.5, 0.6) is 5.75 Å². The maximum Gasteiger partial charge on any atom is 0.337 e. The molecular formula is C21H19N3O4. The van der Waals surface area contributed by atoms with Gasteiger partial charge in [-0.3, -0.25) is 4.79 Å². The molecule has 2 N–H and O–H groups in total. The Labute approximate surface area is 162 Å². The number of pyridine rings is 1. The average molecular weight is 377 g/mol. The summed E-state index contributed by atoms with van der Waals surface area (Å²) in [6.07, 6.45) is 1.58. The van der Waals surface area contributed by atoms with Crippen molar-refractivity contribution in [2.45, 2.75) is 0 Å². The summed E-state index contributed by atoms with van der Waals surface area (Å²) in [6, 6.07) is 19.5. The van der Waals surface area contributed by atoms with Gasteiger partial charge in [-0.2, -0.15) is 0 Å². The number of methoxy groups -OCH3 is 1. The Morgan fingerprint density at radius 1 is 0.964 bits per heavy atom. The molecule has 142 valence electrons. The first-order valence-corrected chi connectivity index (χ1v) is 8.53. The van der Waals surface area contributed by atoms with Crippen molar-refractivity contribution in [2.24, 2.45) is 0 Å². The number of hydrogen-bond donors (Lipinski definition) is 2. The van der Waals surface area contributed by atoms with Crippen LogP contribution in [-0.2, 0) is 9.53 Å². The van der Waals surface area contributed by atoms with E-state index >= 15 is 0 Å². The van der Waals surface area contributed by atoms with Crippen LogP contribution in [0.1, 0.15) is 10.4 Å². The SMILES string of the molecule is COC(=O)c1cccc(Nc2ccc(NC(=O)COc3ccccc3)nc2)c1. The number of benzene rings is 2. The largest absolute Gasteiger partial charge is 0.484 e. The van der Waals surface area contributed by atoms with Crippen LogP contribution in [0.3, 0.4) is 0 Å². The lowest BCUT2D eigenvalue weighted by molar-refractivity contribution is -0.118. The summed E-state index contributed by atoms with van der Waals surface area (Å²) >= 11 is 0. The smallest absolute Gasteiger partial charge is 0.337 e. The summed E-state index contributed by atoms with van der Waals surface area (Å²) in [6.45, 7) is -0.105. The van der Waals surface area contributed by atoms with Gasteiger partial charge in [0.05, 0.1) is 24.6 Å². The molecule has 3 rings (SSSR count). The van der Waals surface area contributed by atoms with E-state index in [1.54, 1.807) is 48.7 Å². The Balaban J connectivity index is 1.55. The van der Waals surface area contributed by atoms with E-state index in [9.17, 15) is 9.59 Å². The number of hydrogen-bond acceptors (Lipinski definition) is 6. The summed E-state index contributed by atoms with van der Waals surface area (Å²) in [4.78, 5) is 27.8. The Morgan fingerprint density at radius 2 is 1.79 bits per heavy atom. The average Bonchev–Trinajstić information content (AvgIpc) is 2.74. The fourth-order valence-corrected chi connectivity index (χ4v) is 2.39. The standard InChI is InChI=1S/C21H19N3O4/c1-27-21(26)15-6-5-7-16(12-15)23-17-10-11-19(22-13-17)24-20(25)14-28-18-8-3-2-4-9-18/h2-13,23H,14H2,1H3,(H,22,24,25). The van der Waals surface area contributed by atoms with Gasteiger partial charge in [-0.15, -0.1) is 0 Å². The van der Waals surface area contributed by atoms with Gasteiger partial charge in [0.25, 0.3) is 5.91 Å². The van der Waals surface area contributed by atoms with Crippen LogP contribution < -0.4 is 15.4 Å². The van der Waals surface area contributed by atoms with Crippen molar-refractivity contribution in [1.82, 2.24) is 4.98 Å². The molecular weight excluding hydrogens is 358 g/mol. The fourth-order valence-electron chi connectivity index (χ4n) is 2.39. The molecule has 1 aromatic heterocycles. The van der Waals surface area contributed by atoms with Crippen LogP contribution >= 0.6 is 0 Å². The highest BCUT2D eigenvalue weighted by Gasteiger charge is 2.07. The van der Waals surface area contributed by atoms with E-state index in [4.69, 9.17) is 9.47 Å². The third-order valence-corrected chi connectivity index (χ3v) is 3.72. The number of amides is 1. The molecule has 1 amide bonds. The van der Waals surface area contributed by atoms with Gasteiger partial charge >= 0.3 is 5.97 Å². The highest BCUT2D eigenvalue weighted by atomic mass is 16.5. The van der Waals surface area contributed by atoms with E-state index in [0.717, 1.165) is 5.69 Å². The molecule has 7 nitrogen and oxygen atoms in total. The maximum atomic E-state index is 12.0. The van der Waals surface area contributed by atoms with Crippen LogP contribution in [0.15, 0.2) is 72.9 Å². The van der Waals surface area contributed by atoms with Gasteiger partial charge in [0.15, 0.2) is 6.61 Å². The molecule has 28 heavy (non-hydrogen) atoms. The lowest BCUT2D eigenvalue weighted by Crippen LogP contribution is -2.20. The second kappa shape index (κ2) is 9.18. The van der Waals surface area contributed by atoms with Gasteiger partial charge in [0, 0.05) is 5.69 Å². The molecule has 0 aliphatic heterocycles. The number of nitrogens with zero attached hydrogens (tertiary/aromatic N) is 1. The molecule has 0 aliphatic rings. The molecule has 0 saturated heterocycles. The van der Waals surface area contributed by atoms with E-state index in [1.165, 1.54) is 7.11 Å². The number of esters is 1. The van der Waals surface area contributed by atoms with Crippen LogP contribution in [0.2, 0.25) is 0 Å². The number of carbonyl (C=O) groups is 2. The Hall–Kier alpha value is -3.87. The first-order valence-electron chi connectivity index (χ1n) is 8.53. The minimum Gasteiger partial charge on any atom is -0.484 e. The summed E-state index contributed by atoms with van der Waals surface area (Å²) in [5.74, 6) is 0.329. The van der Waals surface area contributed by atoms with Crippen LogP contribution in [0.4, 0.5) is 17.2 Å². The molecule has 2 aromatic carbocycles. The predicted octanol–water partition coefficient (Wildman–Crippen LogP) is 3.63. The zero-order valence-corrected chi connectivity index (χ0v) is 15.2. The lowest BCUT2D eigenvalue weighted by Gasteiger charge is -2.09. The van der Waals surface area contributed by atoms with E-state index in [2.05, 4.69) is 15.6 Å². The number of carbonyl (C=O) groups excluding carboxylic acids is 2. The van der Waals surface area contributed by atoms with Crippen molar-refractivity contribution in [3.8, 4) is 5.75 Å². The first-order chi connectivity index (χ1) is 13.6. The predicted molar refractivity (Wildman–Crippen MR) is 106 cm³/mol. The van der Waals surface area contributed by atoms with Crippen LogP contribution in [-0.4, -0.2) is 30.6 Å². The molecule has 0 radical (unpaired) electrons. The number of nitrogens with one attached hydrogen (secondary N) is 2. The quantitative estimate of drug-likeness (QED) is 0.611. The Kier molecular flexibility index (Phi) is 6.20. The Morgan fingerprint density at radius 3 is 2.50 bits per heavy atom. The topological polar surface area (TPSA) is 89.6 Å². The Bertz CT molecular complexity index is 943. The third kappa shape index (κ3) is 5.31. The van der Waals surface area contributed by atoms with E-state index in [0.29, 0.717) is 22.8 Å². The van der Waals surface area contributed by atoms with Gasteiger partial charge in [-0.05, 0) is 42.5 Å². The first kappa shape index (κ1) is 18.9. The number of anilines is 3. The molecule has 0 unspecified atom stereocenters. The monoisotopic (exact) mass is 377 g/mol. The minimum absolute atomic E-state index is 0.105. The highest BCUT2D eigenvalue weighted by molar-refractivity contribution is 5.91. The molecule has 0 saturated carbocycles. The van der Waals surface area contributed by atoms with Crippen LogP contribution in [0, 0.1) is 0 Å². The van der Waals surface area contributed by atoms with E-state index < -0.39 is 5.97 Å². The number of para-hydroxylation sites is 1. The summed E-state index contributed by atoms with van der Waals surface area (Å²) in [5, 5.41) is 5.81. The zero-order valence-electron chi connectivity index (χ0n) is 15.2. The molecule has 0 fully saturated rings.